The van der Waals surface area contributed by atoms with Crippen LogP contribution in [0.4, 0.5) is 5.69 Å². The Morgan fingerprint density at radius 1 is 1.50 bits per heavy atom. The van der Waals surface area contributed by atoms with Crippen molar-refractivity contribution in [3.05, 3.63) is 29.3 Å². The van der Waals surface area contributed by atoms with Gasteiger partial charge in [-0.05, 0) is 25.5 Å². The summed E-state index contributed by atoms with van der Waals surface area (Å²) in [7, 11) is 0. The first-order valence-electron chi connectivity index (χ1n) is 4.19. The van der Waals surface area contributed by atoms with Crippen LogP contribution < -0.4 is 5.43 Å². The van der Waals surface area contributed by atoms with Crippen molar-refractivity contribution < 1.29 is 9.90 Å². The number of aryl methyl sites for hydroxylation is 2. The van der Waals surface area contributed by atoms with Crippen LogP contribution in [0.5, 0.6) is 0 Å². The Labute approximate surface area is 82.3 Å². The number of hydrogen-bond acceptors (Lipinski definition) is 3. The summed E-state index contributed by atoms with van der Waals surface area (Å²) >= 11 is 0. The number of hydrogen-bond donors (Lipinski definition) is 2. The van der Waals surface area contributed by atoms with E-state index in [-0.39, 0.29) is 0 Å². The smallest absolute Gasteiger partial charge is 0.348 e. The number of anilines is 1. The third-order valence-corrected chi connectivity index (χ3v) is 1.74. The van der Waals surface area contributed by atoms with Crippen LogP contribution in [-0.4, -0.2) is 17.3 Å². The molecule has 0 amide bonds. The van der Waals surface area contributed by atoms with Crippen LogP contribution in [-0.2, 0) is 4.79 Å². The minimum Gasteiger partial charge on any atom is -0.477 e. The number of rotatable bonds is 3. The number of nitrogens with one attached hydrogen (secondary N) is 1. The molecule has 0 saturated heterocycles. The van der Waals surface area contributed by atoms with Gasteiger partial charge >= 0.3 is 5.97 Å². The molecule has 1 aromatic carbocycles. The zero-order chi connectivity index (χ0) is 10.6. The van der Waals surface area contributed by atoms with Crippen LogP contribution in [0.1, 0.15) is 11.1 Å². The molecule has 2 N–H and O–H groups in total. The lowest BCUT2D eigenvalue weighted by Gasteiger charge is -2.04. The standard InChI is InChI=1S/C10H12N2O2/c1-7-3-4-9(8(2)5-7)12-11-6-10(13)14/h3-6,12H,1-2H3,(H,13,14)/b11-6+. The molecule has 0 fully saturated rings. The SMILES string of the molecule is Cc1ccc(N/N=C/C(=O)O)c(C)c1. The van der Waals surface area contributed by atoms with Gasteiger partial charge in [0.25, 0.3) is 0 Å². The molecule has 0 aliphatic carbocycles. The van der Waals surface area contributed by atoms with Gasteiger partial charge < -0.3 is 5.11 Å². The van der Waals surface area contributed by atoms with E-state index in [1.165, 1.54) is 0 Å². The van der Waals surface area contributed by atoms with E-state index in [1.54, 1.807) is 0 Å². The van der Waals surface area contributed by atoms with E-state index in [2.05, 4.69) is 10.5 Å². The molecule has 0 aliphatic rings. The maximum absolute atomic E-state index is 10.1. The van der Waals surface area contributed by atoms with Crippen LogP contribution >= 0.6 is 0 Å². The first-order chi connectivity index (χ1) is 6.59. The molecule has 0 unspecified atom stereocenters. The molecule has 0 spiro atoms. The highest BCUT2D eigenvalue weighted by Crippen LogP contribution is 2.15. The van der Waals surface area contributed by atoms with E-state index in [0.717, 1.165) is 23.0 Å². The number of carboxylic acid groups (broad SMARTS) is 1. The predicted molar refractivity (Wildman–Crippen MR) is 55.7 cm³/mol. The molecule has 0 aliphatic heterocycles. The monoisotopic (exact) mass is 192 g/mol. The second kappa shape index (κ2) is 4.41. The summed E-state index contributed by atoms with van der Waals surface area (Å²) in [6.45, 7) is 3.93. The summed E-state index contributed by atoms with van der Waals surface area (Å²) in [6.07, 6.45) is 0.819. The lowest BCUT2D eigenvalue weighted by molar-refractivity contribution is -0.128. The second-order valence-electron chi connectivity index (χ2n) is 3.03. The zero-order valence-electron chi connectivity index (χ0n) is 8.11. The van der Waals surface area contributed by atoms with Gasteiger partial charge in [-0.3, -0.25) is 5.43 Å². The molecule has 4 nitrogen and oxygen atoms in total. The van der Waals surface area contributed by atoms with E-state index in [9.17, 15) is 4.79 Å². The molecule has 4 heteroatoms. The summed E-state index contributed by atoms with van der Waals surface area (Å²) in [5, 5.41) is 11.9. The fraction of sp³-hybridized carbons (Fsp3) is 0.200. The normalized spacial score (nSPS) is 10.4. The molecule has 0 bridgehead atoms. The molecule has 0 aromatic heterocycles. The topological polar surface area (TPSA) is 61.7 Å². The number of aliphatic carboxylic acids is 1. The fourth-order valence-electron chi connectivity index (χ4n) is 1.10. The Balaban J connectivity index is 2.73. The number of nitrogens with zero attached hydrogens (tertiary/aromatic N) is 1. The largest absolute Gasteiger partial charge is 0.477 e. The van der Waals surface area contributed by atoms with Gasteiger partial charge in [-0.1, -0.05) is 17.7 Å². The Morgan fingerprint density at radius 3 is 2.79 bits per heavy atom. The average molecular weight is 192 g/mol. The van der Waals surface area contributed by atoms with Crippen molar-refractivity contribution in [1.29, 1.82) is 0 Å². The van der Waals surface area contributed by atoms with E-state index in [1.807, 2.05) is 32.0 Å². The average Bonchev–Trinajstić information content (AvgIpc) is 2.08. The van der Waals surface area contributed by atoms with Gasteiger partial charge in [-0.2, -0.15) is 5.10 Å². The van der Waals surface area contributed by atoms with Crippen LogP contribution in [0, 0.1) is 13.8 Å². The van der Waals surface area contributed by atoms with Gasteiger partial charge in [0.05, 0.1) is 5.69 Å². The van der Waals surface area contributed by atoms with Gasteiger partial charge in [0.15, 0.2) is 0 Å². The zero-order valence-corrected chi connectivity index (χ0v) is 8.11. The highest BCUT2D eigenvalue weighted by atomic mass is 16.4. The van der Waals surface area contributed by atoms with E-state index >= 15 is 0 Å². The lowest BCUT2D eigenvalue weighted by Crippen LogP contribution is -1.99. The Morgan fingerprint density at radius 2 is 2.21 bits per heavy atom. The molecule has 1 rings (SSSR count). The minimum atomic E-state index is -1.07. The minimum absolute atomic E-state index is 0.813. The van der Waals surface area contributed by atoms with Crippen molar-refractivity contribution >= 4 is 17.9 Å². The van der Waals surface area contributed by atoms with Crippen molar-refractivity contribution in [3.8, 4) is 0 Å². The van der Waals surface area contributed by atoms with Gasteiger partial charge in [-0.15, -0.1) is 0 Å². The molecule has 0 saturated carbocycles. The fourth-order valence-corrected chi connectivity index (χ4v) is 1.10. The number of carbonyl (C=O) groups is 1. The summed E-state index contributed by atoms with van der Waals surface area (Å²) < 4.78 is 0. The molecule has 1 aromatic rings. The molecule has 0 atom stereocenters. The first-order valence-corrected chi connectivity index (χ1v) is 4.19. The van der Waals surface area contributed by atoms with E-state index < -0.39 is 5.97 Å². The quantitative estimate of drug-likeness (QED) is 0.567. The highest BCUT2D eigenvalue weighted by molar-refractivity contribution is 6.22. The van der Waals surface area contributed by atoms with Crippen molar-refractivity contribution in [2.75, 3.05) is 5.43 Å². The van der Waals surface area contributed by atoms with Crippen molar-refractivity contribution in [2.45, 2.75) is 13.8 Å². The molecule has 0 heterocycles. The number of carboxylic acids is 1. The van der Waals surface area contributed by atoms with Crippen LogP contribution in [0.3, 0.4) is 0 Å². The maximum Gasteiger partial charge on any atom is 0.348 e. The molecule has 74 valence electrons. The van der Waals surface area contributed by atoms with Crippen molar-refractivity contribution in [2.24, 2.45) is 5.10 Å². The van der Waals surface area contributed by atoms with E-state index in [4.69, 9.17) is 5.11 Å². The summed E-state index contributed by atoms with van der Waals surface area (Å²) in [6, 6.07) is 5.80. The third kappa shape index (κ3) is 2.90. The number of benzene rings is 1. The maximum atomic E-state index is 10.1. The lowest BCUT2D eigenvalue weighted by atomic mass is 10.1. The highest BCUT2D eigenvalue weighted by Gasteiger charge is 1.95. The molecule has 14 heavy (non-hydrogen) atoms. The molecule has 0 radical (unpaired) electrons. The predicted octanol–water partition coefficient (Wildman–Crippen LogP) is 1.79. The van der Waals surface area contributed by atoms with Crippen molar-refractivity contribution in [3.63, 3.8) is 0 Å². The van der Waals surface area contributed by atoms with Gasteiger partial charge in [0, 0.05) is 0 Å². The summed E-state index contributed by atoms with van der Waals surface area (Å²) in [5.74, 6) is -1.07. The number of hydrazone groups is 1. The Hall–Kier alpha value is -1.84. The summed E-state index contributed by atoms with van der Waals surface area (Å²) in [4.78, 5) is 10.1. The van der Waals surface area contributed by atoms with Gasteiger partial charge in [0.2, 0.25) is 0 Å². The Kier molecular flexibility index (Phi) is 3.23. The van der Waals surface area contributed by atoms with Crippen molar-refractivity contribution in [1.82, 2.24) is 0 Å². The first kappa shape index (κ1) is 10.2. The van der Waals surface area contributed by atoms with Gasteiger partial charge in [0.1, 0.15) is 6.21 Å². The van der Waals surface area contributed by atoms with Crippen LogP contribution in [0.25, 0.3) is 0 Å². The molecular formula is C10H12N2O2. The summed E-state index contributed by atoms with van der Waals surface area (Å²) in [5.41, 5.74) is 5.67. The van der Waals surface area contributed by atoms with Crippen LogP contribution in [0.2, 0.25) is 0 Å². The third-order valence-electron chi connectivity index (χ3n) is 1.74. The second-order valence-corrected chi connectivity index (χ2v) is 3.03. The Bertz CT molecular complexity index is 372. The molecular weight excluding hydrogens is 180 g/mol. The van der Waals surface area contributed by atoms with Gasteiger partial charge in [-0.25, -0.2) is 4.79 Å². The van der Waals surface area contributed by atoms with Crippen LogP contribution in [0.15, 0.2) is 23.3 Å². The van der Waals surface area contributed by atoms with E-state index in [0.29, 0.717) is 0 Å².